The summed E-state index contributed by atoms with van der Waals surface area (Å²) in [6.07, 6.45) is 5.78. The zero-order valence-electron chi connectivity index (χ0n) is 10.2. The summed E-state index contributed by atoms with van der Waals surface area (Å²) in [6.45, 7) is 6.49. The van der Waals surface area contributed by atoms with E-state index in [1.54, 1.807) is 0 Å². The minimum absolute atomic E-state index is 0.394. The van der Waals surface area contributed by atoms with E-state index < -0.39 is 0 Å². The molecule has 0 amide bonds. The van der Waals surface area contributed by atoms with Gasteiger partial charge < -0.3 is 5.73 Å². The van der Waals surface area contributed by atoms with Gasteiger partial charge in [0.15, 0.2) is 0 Å². The summed E-state index contributed by atoms with van der Waals surface area (Å²) in [6, 6.07) is 0.447. The summed E-state index contributed by atoms with van der Waals surface area (Å²) in [5.74, 6) is 4.02. The van der Waals surface area contributed by atoms with Gasteiger partial charge in [0.05, 0.1) is 11.9 Å². The van der Waals surface area contributed by atoms with Crippen LogP contribution >= 0.6 is 0 Å². The monoisotopic (exact) mass is 208 g/mol. The molecule has 2 fully saturated rings. The quantitative estimate of drug-likeness (QED) is 0.562. The molecule has 2 heteroatoms. The fourth-order valence-corrected chi connectivity index (χ4v) is 3.36. The Hall–Kier alpha value is -0.530. The Kier molecular flexibility index (Phi) is 3.03. The molecule has 2 bridgehead atoms. The number of hydrogen-bond acceptors (Lipinski definition) is 1. The Labute approximate surface area is 93.3 Å². The highest BCUT2D eigenvalue weighted by Crippen LogP contribution is 2.50. The minimum atomic E-state index is 0.394. The Balaban J connectivity index is 1.97. The van der Waals surface area contributed by atoms with Gasteiger partial charge in [0, 0.05) is 5.92 Å². The predicted octanol–water partition coefficient (Wildman–Crippen LogP) is 2.82. The number of amidine groups is 1. The zero-order chi connectivity index (χ0) is 11.0. The molecule has 2 saturated carbocycles. The first-order valence-electron chi connectivity index (χ1n) is 6.41. The molecule has 2 rings (SSSR count). The van der Waals surface area contributed by atoms with Gasteiger partial charge in [-0.25, -0.2) is 0 Å². The highest BCUT2D eigenvalue weighted by molar-refractivity contribution is 5.82. The van der Waals surface area contributed by atoms with Crippen LogP contribution in [0.1, 0.15) is 46.5 Å². The molecule has 0 radical (unpaired) electrons. The number of hydrogen-bond donors (Lipinski definition) is 1. The third kappa shape index (κ3) is 2.19. The molecule has 2 aliphatic rings. The second-order valence-electron chi connectivity index (χ2n) is 5.79. The molecule has 0 saturated heterocycles. The lowest BCUT2D eigenvalue weighted by Crippen LogP contribution is -2.27. The molecule has 4 atom stereocenters. The van der Waals surface area contributed by atoms with Crippen LogP contribution in [0.2, 0.25) is 0 Å². The Bertz CT molecular complexity index is 257. The first-order valence-corrected chi connectivity index (χ1v) is 6.41. The Morgan fingerprint density at radius 3 is 2.40 bits per heavy atom. The summed E-state index contributed by atoms with van der Waals surface area (Å²) >= 11 is 0. The third-order valence-electron chi connectivity index (χ3n) is 4.36. The van der Waals surface area contributed by atoms with Crippen molar-refractivity contribution >= 4 is 5.84 Å². The van der Waals surface area contributed by atoms with Crippen molar-refractivity contribution in [3.05, 3.63) is 0 Å². The van der Waals surface area contributed by atoms with Crippen molar-refractivity contribution < 1.29 is 0 Å². The van der Waals surface area contributed by atoms with E-state index in [1.165, 1.54) is 25.7 Å². The minimum Gasteiger partial charge on any atom is -0.387 e. The van der Waals surface area contributed by atoms with Gasteiger partial charge in [0.1, 0.15) is 0 Å². The van der Waals surface area contributed by atoms with Gasteiger partial charge in [0.2, 0.25) is 0 Å². The van der Waals surface area contributed by atoms with Gasteiger partial charge in [-0.1, -0.05) is 20.3 Å². The van der Waals surface area contributed by atoms with Crippen molar-refractivity contribution in [2.45, 2.75) is 52.5 Å². The highest BCUT2D eigenvalue weighted by Gasteiger charge is 2.41. The molecule has 0 aromatic heterocycles. The zero-order valence-corrected chi connectivity index (χ0v) is 10.2. The molecule has 2 N–H and O–H groups in total. The van der Waals surface area contributed by atoms with Crippen LogP contribution in [0.5, 0.6) is 0 Å². The van der Waals surface area contributed by atoms with Crippen LogP contribution in [0.4, 0.5) is 0 Å². The van der Waals surface area contributed by atoms with Crippen molar-refractivity contribution in [2.75, 3.05) is 0 Å². The maximum absolute atomic E-state index is 5.93. The van der Waals surface area contributed by atoms with Crippen molar-refractivity contribution in [1.29, 1.82) is 0 Å². The molecule has 0 heterocycles. The lowest BCUT2D eigenvalue weighted by atomic mass is 9.84. The summed E-state index contributed by atoms with van der Waals surface area (Å²) in [7, 11) is 0. The van der Waals surface area contributed by atoms with E-state index in [-0.39, 0.29) is 0 Å². The lowest BCUT2D eigenvalue weighted by molar-refractivity contribution is 0.293. The predicted molar refractivity (Wildman–Crippen MR) is 64.9 cm³/mol. The normalized spacial score (nSPS) is 37.6. The smallest absolute Gasteiger partial charge is 0.0966 e. The summed E-state index contributed by atoms with van der Waals surface area (Å²) in [5.41, 5.74) is 5.93. The Morgan fingerprint density at radius 2 is 1.93 bits per heavy atom. The second-order valence-corrected chi connectivity index (χ2v) is 5.79. The van der Waals surface area contributed by atoms with Crippen LogP contribution in [-0.2, 0) is 0 Å². The average Bonchev–Trinajstić information content (AvgIpc) is 2.78. The van der Waals surface area contributed by atoms with Gasteiger partial charge >= 0.3 is 0 Å². The molecule has 2 aliphatic carbocycles. The van der Waals surface area contributed by atoms with Gasteiger partial charge in [-0.15, -0.1) is 0 Å². The SMILES string of the molecule is CC(C)C(N)=NC(C)C1CC2CCC1C2. The van der Waals surface area contributed by atoms with Crippen LogP contribution in [0.3, 0.4) is 0 Å². The fraction of sp³-hybridized carbons (Fsp3) is 0.923. The first-order chi connectivity index (χ1) is 7.08. The molecule has 0 aliphatic heterocycles. The van der Waals surface area contributed by atoms with E-state index in [1.807, 2.05) is 0 Å². The number of aliphatic imine (C=N–C) groups is 1. The average molecular weight is 208 g/mol. The van der Waals surface area contributed by atoms with Crippen LogP contribution in [0.15, 0.2) is 4.99 Å². The largest absolute Gasteiger partial charge is 0.387 e. The van der Waals surface area contributed by atoms with E-state index in [2.05, 4.69) is 25.8 Å². The molecule has 0 spiro atoms. The molecule has 0 aromatic carbocycles. The molecular weight excluding hydrogens is 184 g/mol. The first kappa shape index (κ1) is 11.0. The number of fused-ring (bicyclic) bond motifs is 2. The van der Waals surface area contributed by atoms with Gasteiger partial charge in [-0.2, -0.15) is 0 Å². The molecule has 86 valence electrons. The van der Waals surface area contributed by atoms with E-state index in [4.69, 9.17) is 5.73 Å². The fourth-order valence-electron chi connectivity index (χ4n) is 3.36. The van der Waals surface area contributed by atoms with Gasteiger partial charge in [-0.05, 0) is 43.9 Å². The maximum atomic E-state index is 5.93. The second kappa shape index (κ2) is 4.15. The third-order valence-corrected chi connectivity index (χ3v) is 4.36. The van der Waals surface area contributed by atoms with Gasteiger partial charge in [-0.3, -0.25) is 4.99 Å². The summed E-state index contributed by atoms with van der Waals surface area (Å²) in [4.78, 5) is 4.67. The van der Waals surface area contributed by atoms with Crippen molar-refractivity contribution in [3.8, 4) is 0 Å². The van der Waals surface area contributed by atoms with E-state index in [0.29, 0.717) is 12.0 Å². The van der Waals surface area contributed by atoms with Crippen LogP contribution < -0.4 is 5.73 Å². The number of nitrogens with two attached hydrogens (primary N) is 1. The van der Waals surface area contributed by atoms with Crippen LogP contribution in [0.25, 0.3) is 0 Å². The van der Waals surface area contributed by atoms with Crippen LogP contribution in [-0.4, -0.2) is 11.9 Å². The highest BCUT2D eigenvalue weighted by atomic mass is 14.9. The summed E-state index contributed by atoms with van der Waals surface area (Å²) in [5, 5.41) is 0. The molecular formula is C13H24N2. The van der Waals surface area contributed by atoms with Gasteiger partial charge in [0.25, 0.3) is 0 Å². The Morgan fingerprint density at radius 1 is 1.20 bits per heavy atom. The maximum Gasteiger partial charge on any atom is 0.0966 e. The summed E-state index contributed by atoms with van der Waals surface area (Å²) < 4.78 is 0. The molecule has 15 heavy (non-hydrogen) atoms. The van der Waals surface area contributed by atoms with E-state index in [0.717, 1.165) is 23.6 Å². The molecule has 4 unspecified atom stereocenters. The molecule has 2 nitrogen and oxygen atoms in total. The lowest BCUT2D eigenvalue weighted by Gasteiger charge is -2.25. The topological polar surface area (TPSA) is 38.4 Å². The van der Waals surface area contributed by atoms with Crippen molar-refractivity contribution in [3.63, 3.8) is 0 Å². The van der Waals surface area contributed by atoms with E-state index in [9.17, 15) is 0 Å². The number of rotatable bonds is 3. The number of nitrogens with zero attached hydrogens (tertiary/aromatic N) is 1. The molecule has 0 aromatic rings. The van der Waals surface area contributed by atoms with Crippen LogP contribution in [0, 0.1) is 23.7 Å². The van der Waals surface area contributed by atoms with Crippen molar-refractivity contribution in [1.82, 2.24) is 0 Å². The standard InChI is InChI=1S/C13H24N2/c1-8(2)13(14)15-9(3)12-7-10-4-5-11(12)6-10/h8-12H,4-7H2,1-3H3,(H2,14,15). The van der Waals surface area contributed by atoms with Crippen molar-refractivity contribution in [2.24, 2.45) is 34.4 Å². The van der Waals surface area contributed by atoms with E-state index >= 15 is 0 Å².